The van der Waals surface area contributed by atoms with Gasteiger partial charge in [0, 0.05) is 23.4 Å². The summed E-state index contributed by atoms with van der Waals surface area (Å²) in [5, 5.41) is 21.7. The maximum Gasteiger partial charge on any atom is 0.307 e. The summed E-state index contributed by atoms with van der Waals surface area (Å²) in [6.45, 7) is 0.120. The van der Waals surface area contributed by atoms with Gasteiger partial charge in [0.1, 0.15) is 0 Å². The molecule has 0 fully saturated rings. The number of hydrogen-bond acceptors (Lipinski definition) is 4. The van der Waals surface area contributed by atoms with Crippen molar-refractivity contribution in [2.45, 2.75) is 12.5 Å². The van der Waals surface area contributed by atoms with Crippen LogP contribution in [0.2, 0.25) is 0 Å². The zero-order valence-corrected chi connectivity index (χ0v) is 13.7. The minimum Gasteiger partial charge on any atom is -0.481 e. The van der Waals surface area contributed by atoms with Crippen molar-refractivity contribution in [2.24, 2.45) is 0 Å². The molecule has 24 heavy (non-hydrogen) atoms. The van der Waals surface area contributed by atoms with Crippen LogP contribution in [0.4, 0.5) is 5.69 Å². The maximum absolute atomic E-state index is 12.7. The van der Waals surface area contributed by atoms with Gasteiger partial charge in [0.15, 0.2) is 5.78 Å². The number of anilines is 1. The number of nitrogens with one attached hydrogen (secondary N) is 1. The van der Waals surface area contributed by atoms with Crippen molar-refractivity contribution in [1.29, 1.82) is 0 Å². The van der Waals surface area contributed by atoms with Gasteiger partial charge in [-0.3, -0.25) is 9.59 Å². The number of hydrogen-bond donors (Lipinski definition) is 3. The second-order valence-corrected chi connectivity index (χ2v) is 5.60. The number of halogens is 1. The van der Waals surface area contributed by atoms with Crippen molar-refractivity contribution in [3.8, 4) is 0 Å². The summed E-state index contributed by atoms with van der Waals surface area (Å²) < 4.78 is 0. The summed E-state index contributed by atoms with van der Waals surface area (Å²) in [4.78, 5) is 23.8. The first-order chi connectivity index (χ1) is 11.5. The van der Waals surface area contributed by atoms with E-state index in [0.717, 1.165) is 0 Å². The quantitative estimate of drug-likeness (QED) is 0.504. The molecule has 6 heteroatoms. The zero-order valence-electron chi connectivity index (χ0n) is 12.9. The Morgan fingerprint density at radius 2 is 1.79 bits per heavy atom. The summed E-state index contributed by atoms with van der Waals surface area (Å²) in [5.41, 5.74) is 1.76. The number of alkyl halides is 1. The molecule has 2 aromatic rings. The molecule has 0 saturated heterocycles. The van der Waals surface area contributed by atoms with Crippen LogP contribution in [0.15, 0.2) is 48.5 Å². The minimum atomic E-state index is -1.000. The molecular formula is C18H18ClNO4. The zero-order chi connectivity index (χ0) is 17.5. The highest BCUT2D eigenvalue weighted by Gasteiger charge is 2.18. The van der Waals surface area contributed by atoms with E-state index in [4.69, 9.17) is 16.7 Å². The number of benzene rings is 2. The van der Waals surface area contributed by atoms with Crippen molar-refractivity contribution in [2.75, 3.05) is 17.7 Å². The first-order valence-electron chi connectivity index (χ1n) is 7.44. The van der Waals surface area contributed by atoms with E-state index in [1.807, 2.05) is 6.07 Å². The molecule has 1 unspecified atom stereocenters. The normalized spacial score (nSPS) is 11.8. The van der Waals surface area contributed by atoms with Gasteiger partial charge < -0.3 is 15.5 Å². The molecule has 0 heterocycles. The maximum atomic E-state index is 12.7. The van der Waals surface area contributed by atoms with Gasteiger partial charge in [-0.25, -0.2) is 0 Å². The SMILES string of the molecule is O=C(O)Cc1cccc(C(=O)c2ccccc2)c1NCC(O)CCl. The number of carboxylic acids is 1. The Morgan fingerprint density at radius 3 is 2.42 bits per heavy atom. The van der Waals surface area contributed by atoms with Gasteiger partial charge in [0.25, 0.3) is 0 Å². The number of aliphatic hydroxyl groups excluding tert-OH is 1. The molecular weight excluding hydrogens is 330 g/mol. The third-order valence-electron chi connectivity index (χ3n) is 3.47. The van der Waals surface area contributed by atoms with Gasteiger partial charge in [-0.1, -0.05) is 42.5 Å². The highest BCUT2D eigenvalue weighted by Crippen LogP contribution is 2.25. The average Bonchev–Trinajstić information content (AvgIpc) is 2.59. The van der Waals surface area contributed by atoms with Crippen LogP contribution < -0.4 is 5.32 Å². The third-order valence-corrected chi connectivity index (χ3v) is 3.82. The van der Waals surface area contributed by atoms with E-state index in [-0.39, 0.29) is 24.6 Å². The smallest absolute Gasteiger partial charge is 0.307 e. The van der Waals surface area contributed by atoms with Gasteiger partial charge in [0.2, 0.25) is 0 Å². The lowest BCUT2D eigenvalue weighted by Gasteiger charge is -2.17. The second-order valence-electron chi connectivity index (χ2n) is 5.29. The first kappa shape index (κ1) is 18.0. The van der Waals surface area contributed by atoms with E-state index >= 15 is 0 Å². The van der Waals surface area contributed by atoms with E-state index in [2.05, 4.69) is 5.32 Å². The van der Waals surface area contributed by atoms with E-state index < -0.39 is 12.1 Å². The van der Waals surface area contributed by atoms with Crippen LogP contribution in [0.5, 0.6) is 0 Å². The molecule has 126 valence electrons. The summed E-state index contributed by atoms with van der Waals surface area (Å²) >= 11 is 5.59. The topological polar surface area (TPSA) is 86.6 Å². The van der Waals surface area contributed by atoms with Crippen LogP contribution >= 0.6 is 11.6 Å². The lowest BCUT2D eigenvalue weighted by Crippen LogP contribution is -2.23. The fourth-order valence-corrected chi connectivity index (χ4v) is 2.44. The van der Waals surface area contributed by atoms with Gasteiger partial charge >= 0.3 is 5.97 Å². The standard InChI is InChI=1S/C18H18ClNO4/c19-10-14(21)11-20-17-13(9-16(22)23)7-4-8-15(17)18(24)12-5-2-1-3-6-12/h1-8,14,20-21H,9-11H2,(H,22,23). The lowest BCUT2D eigenvalue weighted by atomic mass is 9.97. The number of rotatable bonds is 8. The summed E-state index contributed by atoms with van der Waals surface area (Å²) in [6, 6.07) is 13.7. The van der Waals surface area contributed by atoms with E-state index in [9.17, 15) is 14.7 Å². The Hall–Kier alpha value is -2.37. The van der Waals surface area contributed by atoms with Crippen LogP contribution in [0.3, 0.4) is 0 Å². The molecule has 0 amide bonds. The molecule has 3 N–H and O–H groups in total. The van der Waals surface area contributed by atoms with Gasteiger partial charge in [-0.15, -0.1) is 11.6 Å². The molecule has 0 spiro atoms. The Kier molecular flexibility index (Phi) is 6.35. The summed E-state index contributed by atoms with van der Waals surface area (Å²) in [7, 11) is 0. The number of para-hydroxylation sites is 1. The second kappa shape index (κ2) is 8.47. The van der Waals surface area contributed by atoms with E-state index in [1.165, 1.54) is 0 Å². The Bertz CT molecular complexity index is 718. The third kappa shape index (κ3) is 4.57. The lowest BCUT2D eigenvalue weighted by molar-refractivity contribution is -0.136. The number of carbonyl (C=O) groups excluding carboxylic acids is 1. The first-order valence-corrected chi connectivity index (χ1v) is 7.97. The molecule has 5 nitrogen and oxygen atoms in total. The van der Waals surface area contributed by atoms with Gasteiger partial charge in [-0.2, -0.15) is 0 Å². The van der Waals surface area contributed by atoms with Crippen LogP contribution in [-0.2, 0) is 11.2 Å². The van der Waals surface area contributed by atoms with Crippen molar-refractivity contribution < 1.29 is 19.8 Å². The van der Waals surface area contributed by atoms with Crippen LogP contribution in [0, 0.1) is 0 Å². The van der Waals surface area contributed by atoms with Crippen molar-refractivity contribution >= 4 is 29.0 Å². The Balaban J connectivity index is 2.41. The predicted molar refractivity (Wildman–Crippen MR) is 92.9 cm³/mol. The number of aliphatic carboxylic acids is 1. The fraction of sp³-hybridized carbons (Fsp3) is 0.222. The Labute approximate surface area is 144 Å². The van der Waals surface area contributed by atoms with Crippen LogP contribution in [-0.4, -0.2) is 40.5 Å². The average molecular weight is 348 g/mol. The molecule has 0 aliphatic carbocycles. The predicted octanol–water partition coefficient (Wildman–Crippen LogP) is 2.56. The molecule has 0 aliphatic heterocycles. The fourth-order valence-electron chi connectivity index (χ4n) is 2.33. The number of ketones is 1. The monoisotopic (exact) mass is 347 g/mol. The number of aliphatic hydroxyl groups is 1. The molecule has 0 aromatic heterocycles. The highest BCUT2D eigenvalue weighted by atomic mass is 35.5. The van der Waals surface area contributed by atoms with Crippen molar-refractivity contribution in [3.05, 3.63) is 65.2 Å². The molecule has 2 rings (SSSR count). The molecule has 0 bridgehead atoms. The summed E-state index contributed by atoms with van der Waals surface area (Å²) in [5.74, 6) is -1.18. The largest absolute Gasteiger partial charge is 0.481 e. The van der Waals surface area contributed by atoms with Crippen LogP contribution in [0.25, 0.3) is 0 Å². The molecule has 0 radical (unpaired) electrons. The van der Waals surface area contributed by atoms with Gasteiger partial charge in [0.05, 0.1) is 18.4 Å². The minimum absolute atomic E-state index is 0.0378. The van der Waals surface area contributed by atoms with Crippen molar-refractivity contribution in [3.63, 3.8) is 0 Å². The molecule has 1 atom stereocenters. The van der Waals surface area contributed by atoms with Crippen LogP contribution in [0.1, 0.15) is 21.5 Å². The molecule has 0 aliphatic rings. The van der Waals surface area contributed by atoms with E-state index in [0.29, 0.717) is 22.4 Å². The number of carboxylic acid groups (broad SMARTS) is 1. The van der Waals surface area contributed by atoms with E-state index in [1.54, 1.807) is 42.5 Å². The summed E-state index contributed by atoms with van der Waals surface area (Å²) in [6.07, 6.45) is -1.03. The van der Waals surface area contributed by atoms with Gasteiger partial charge in [-0.05, 0) is 11.6 Å². The molecule has 2 aromatic carbocycles. The number of carbonyl (C=O) groups is 2. The molecule has 0 saturated carbocycles. The highest BCUT2D eigenvalue weighted by molar-refractivity contribution is 6.18. The van der Waals surface area contributed by atoms with Crippen molar-refractivity contribution in [1.82, 2.24) is 0 Å². The Morgan fingerprint density at radius 1 is 1.08 bits per heavy atom.